The first-order valence-electron chi connectivity index (χ1n) is 6.70. The van der Waals surface area contributed by atoms with Gasteiger partial charge >= 0.3 is 5.97 Å². The first-order chi connectivity index (χ1) is 10.2. The van der Waals surface area contributed by atoms with E-state index in [-0.39, 0.29) is 5.69 Å². The third-order valence-corrected chi connectivity index (χ3v) is 3.19. The molecule has 0 atom stereocenters. The van der Waals surface area contributed by atoms with Crippen LogP contribution in [0.2, 0.25) is 0 Å². The Morgan fingerprint density at radius 3 is 2.95 bits per heavy atom. The number of nitrogens with zero attached hydrogens (tertiary/aromatic N) is 4. The van der Waals surface area contributed by atoms with E-state index in [0.29, 0.717) is 18.8 Å². The third-order valence-electron chi connectivity index (χ3n) is 3.19. The molecule has 0 bridgehead atoms. The molecule has 0 unspecified atom stereocenters. The zero-order valence-electron chi connectivity index (χ0n) is 11.8. The largest absolute Gasteiger partial charge is 0.461 e. The highest BCUT2D eigenvalue weighted by Gasteiger charge is 2.18. The Labute approximate surface area is 120 Å². The predicted molar refractivity (Wildman–Crippen MR) is 75.9 cm³/mol. The molecule has 108 valence electrons. The molecule has 7 heteroatoms. The van der Waals surface area contributed by atoms with Gasteiger partial charge in [-0.05, 0) is 26.0 Å². The van der Waals surface area contributed by atoms with Gasteiger partial charge in [0, 0.05) is 0 Å². The van der Waals surface area contributed by atoms with E-state index in [4.69, 9.17) is 4.74 Å². The number of para-hydroxylation sites is 2. The lowest BCUT2D eigenvalue weighted by molar-refractivity contribution is 0.0518. The van der Waals surface area contributed by atoms with E-state index in [0.717, 1.165) is 16.9 Å². The van der Waals surface area contributed by atoms with Gasteiger partial charge in [-0.2, -0.15) is 0 Å². The Morgan fingerprint density at radius 2 is 2.19 bits per heavy atom. The van der Waals surface area contributed by atoms with Gasteiger partial charge < -0.3 is 9.72 Å². The molecule has 7 nitrogen and oxygen atoms in total. The van der Waals surface area contributed by atoms with Crippen LogP contribution in [0.4, 0.5) is 0 Å². The molecule has 3 rings (SSSR count). The highest BCUT2D eigenvalue weighted by atomic mass is 16.5. The Hall–Kier alpha value is -2.70. The first kappa shape index (κ1) is 13.3. The van der Waals surface area contributed by atoms with Gasteiger partial charge in [0.15, 0.2) is 5.69 Å². The second-order valence-electron chi connectivity index (χ2n) is 4.60. The summed E-state index contributed by atoms with van der Waals surface area (Å²) in [6.45, 7) is 4.28. The van der Waals surface area contributed by atoms with Crippen molar-refractivity contribution in [1.29, 1.82) is 0 Å². The maximum Gasteiger partial charge on any atom is 0.360 e. The molecule has 0 aliphatic rings. The molecule has 1 aromatic carbocycles. The zero-order chi connectivity index (χ0) is 14.8. The number of carbonyl (C=O) groups is 1. The van der Waals surface area contributed by atoms with Crippen LogP contribution < -0.4 is 0 Å². The van der Waals surface area contributed by atoms with E-state index in [2.05, 4.69) is 20.3 Å². The summed E-state index contributed by atoms with van der Waals surface area (Å²) in [5.41, 5.74) is 2.77. The monoisotopic (exact) mass is 285 g/mol. The van der Waals surface area contributed by atoms with E-state index >= 15 is 0 Å². The molecule has 0 saturated carbocycles. The molecule has 0 aliphatic carbocycles. The lowest BCUT2D eigenvalue weighted by Gasteiger charge is -2.01. The summed E-state index contributed by atoms with van der Waals surface area (Å²) in [4.78, 5) is 19.4. The van der Waals surface area contributed by atoms with E-state index in [9.17, 15) is 4.79 Å². The lowest BCUT2D eigenvalue weighted by Crippen LogP contribution is -2.09. The summed E-state index contributed by atoms with van der Waals surface area (Å²) in [5.74, 6) is 0.311. The molecule has 0 spiro atoms. The molecule has 21 heavy (non-hydrogen) atoms. The fourth-order valence-corrected chi connectivity index (χ4v) is 2.12. The summed E-state index contributed by atoms with van der Waals surface area (Å²) in [6.07, 6.45) is 0. The number of hydrogen-bond donors (Lipinski definition) is 1. The van der Waals surface area contributed by atoms with Gasteiger partial charge in [-0.3, -0.25) is 0 Å². The van der Waals surface area contributed by atoms with Crippen molar-refractivity contribution in [3.63, 3.8) is 0 Å². The predicted octanol–water partition coefficient (Wildman–Crippen LogP) is 1.69. The van der Waals surface area contributed by atoms with Crippen molar-refractivity contribution in [2.24, 2.45) is 0 Å². The van der Waals surface area contributed by atoms with Crippen LogP contribution in [0.1, 0.15) is 28.9 Å². The van der Waals surface area contributed by atoms with Crippen LogP contribution in [0.5, 0.6) is 0 Å². The molecular weight excluding hydrogens is 270 g/mol. The highest BCUT2D eigenvalue weighted by molar-refractivity contribution is 5.88. The first-order valence-corrected chi connectivity index (χ1v) is 6.70. The number of hydrogen-bond acceptors (Lipinski definition) is 5. The van der Waals surface area contributed by atoms with Crippen LogP contribution in [0.15, 0.2) is 24.3 Å². The Balaban J connectivity index is 1.86. The molecule has 0 aliphatic heterocycles. The van der Waals surface area contributed by atoms with Gasteiger partial charge in [0.1, 0.15) is 12.4 Å². The van der Waals surface area contributed by atoms with Crippen molar-refractivity contribution in [2.45, 2.75) is 20.4 Å². The molecule has 2 aromatic heterocycles. The number of aromatic nitrogens is 5. The molecule has 0 radical (unpaired) electrons. The number of rotatable bonds is 4. The Bertz CT molecular complexity index is 757. The number of imidazole rings is 1. The summed E-state index contributed by atoms with van der Waals surface area (Å²) < 4.78 is 6.57. The minimum Gasteiger partial charge on any atom is -0.461 e. The molecule has 0 amide bonds. The summed E-state index contributed by atoms with van der Waals surface area (Å²) in [6, 6.07) is 7.79. The number of aromatic amines is 1. The molecule has 2 heterocycles. The van der Waals surface area contributed by atoms with Gasteiger partial charge in [-0.25, -0.2) is 14.5 Å². The minimum atomic E-state index is -0.453. The number of ether oxygens (including phenoxy) is 1. The van der Waals surface area contributed by atoms with Crippen molar-refractivity contribution in [1.82, 2.24) is 25.0 Å². The fraction of sp³-hybridized carbons (Fsp3) is 0.286. The van der Waals surface area contributed by atoms with E-state index in [1.807, 2.05) is 24.3 Å². The normalized spacial score (nSPS) is 11.0. The number of benzene rings is 1. The molecule has 1 N–H and O–H groups in total. The van der Waals surface area contributed by atoms with Crippen molar-refractivity contribution < 1.29 is 9.53 Å². The van der Waals surface area contributed by atoms with Crippen LogP contribution in [0, 0.1) is 6.92 Å². The fourth-order valence-electron chi connectivity index (χ4n) is 2.12. The van der Waals surface area contributed by atoms with E-state index < -0.39 is 5.97 Å². The number of H-pyrrole nitrogens is 1. The average molecular weight is 285 g/mol. The van der Waals surface area contributed by atoms with Crippen molar-refractivity contribution in [2.75, 3.05) is 6.61 Å². The quantitative estimate of drug-likeness (QED) is 0.737. The standard InChI is InChI=1S/C14H15N5O2/c1-3-21-14(20)13-9(2)19(18-17-13)8-12-15-10-6-4-5-7-11(10)16-12/h4-7H,3,8H2,1-2H3,(H,15,16). The lowest BCUT2D eigenvalue weighted by atomic mass is 10.3. The average Bonchev–Trinajstić information content (AvgIpc) is 3.03. The Morgan fingerprint density at radius 1 is 1.38 bits per heavy atom. The van der Waals surface area contributed by atoms with Crippen LogP contribution in [0.25, 0.3) is 11.0 Å². The molecular formula is C14H15N5O2. The smallest absolute Gasteiger partial charge is 0.360 e. The summed E-state index contributed by atoms with van der Waals surface area (Å²) in [5, 5.41) is 7.87. The van der Waals surface area contributed by atoms with Crippen molar-refractivity contribution in [3.8, 4) is 0 Å². The van der Waals surface area contributed by atoms with Gasteiger partial charge in [0.2, 0.25) is 0 Å². The summed E-state index contributed by atoms with van der Waals surface area (Å²) >= 11 is 0. The number of esters is 1. The van der Waals surface area contributed by atoms with Gasteiger partial charge in [-0.15, -0.1) is 5.10 Å². The van der Waals surface area contributed by atoms with Crippen LogP contribution >= 0.6 is 0 Å². The minimum absolute atomic E-state index is 0.243. The second-order valence-corrected chi connectivity index (χ2v) is 4.60. The van der Waals surface area contributed by atoms with Crippen molar-refractivity contribution >= 4 is 17.0 Å². The second kappa shape index (κ2) is 5.35. The van der Waals surface area contributed by atoms with Crippen molar-refractivity contribution in [3.05, 3.63) is 41.5 Å². The summed E-state index contributed by atoms with van der Waals surface area (Å²) in [7, 11) is 0. The SMILES string of the molecule is CCOC(=O)c1nnn(Cc2nc3ccccc3[nH]2)c1C. The number of carbonyl (C=O) groups excluding carboxylic acids is 1. The molecule has 0 saturated heterocycles. The highest BCUT2D eigenvalue weighted by Crippen LogP contribution is 2.12. The molecule has 0 fully saturated rings. The topological polar surface area (TPSA) is 85.7 Å². The Kier molecular flexibility index (Phi) is 3.39. The molecule has 3 aromatic rings. The number of fused-ring (bicyclic) bond motifs is 1. The van der Waals surface area contributed by atoms with Crippen LogP contribution in [0.3, 0.4) is 0 Å². The van der Waals surface area contributed by atoms with Gasteiger partial charge in [-0.1, -0.05) is 17.3 Å². The van der Waals surface area contributed by atoms with Gasteiger partial charge in [0.05, 0.1) is 23.3 Å². The maximum absolute atomic E-state index is 11.7. The maximum atomic E-state index is 11.7. The zero-order valence-corrected chi connectivity index (χ0v) is 11.8. The van der Waals surface area contributed by atoms with Crippen LogP contribution in [-0.4, -0.2) is 37.5 Å². The third kappa shape index (κ3) is 2.49. The van der Waals surface area contributed by atoms with E-state index in [1.54, 1.807) is 18.5 Å². The number of nitrogens with one attached hydrogen (secondary N) is 1. The van der Waals surface area contributed by atoms with Crippen LogP contribution in [-0.2, 0) is 11.3 Å². The van der Waals surface area contributed by atoms with Gasteiger partial charge in [0.25, 0.3) is 0 Å². The van der Waals surface area contributed by atoms with E-state index in [1.165, 1.54) is 0 Å².